The van der Waals surface area contributed by atoms with Gasteiger partial charge in [-0.1, -0.05) is 36.4 Å². The number of amides is 1. The molecule has 2 aromatic carbocycles. The van der Waals surface area contributed by atoms with E-state index in [1.807, 2.05) is 55.5 Å². The second-order valence-corrected chi connectivity index (χ2v) is 6.54. The highest BCUT2D eigenvalue weighted by atomic mass is 32.2. The second kappa shape index (κ2) is 6.32. The SMILES string of the molecule is CCN(Cc1ccc2cc1S2=O)C(=O)OCc1ccccc1. The van der Waals surface area contributed by atoms with Crippen LogP contribution in [0.15, 0.2) is 58.3 Å². The summed E-state index contributed by atoms with van der Waals surface area (Å²) in [5.74, 6) is 0. The first-order chi connectivity index (χ1) is 10.7. The van der Waals surface area contributed by atoms with Gasteiger partial charge in [-0.3, -0.25) is 0 Å². The van der Waals surface area contributed by atoms with Crippen molar-refractivity contribution in [1.82, 2.24) is 4.90 Å². The molecular weight excluding hydrogens is 298 g/mol. The van der Waals surface area contributed by atoms with Crippen molar-refractivity contribution in [3.63, 3.8) is 0 Å². The quantitative estimate of drug-likeness (QED) is 0.725. The minimum atomic E-state index is -1.01. The van der Waals surface area contributed by atoms with Crippen LogP contribution in [-0.2, 0) is 28.7 Å². The van der Waals surface area contributed by atoms with Crippen LogP contribution in [0, 0.1) is 0 Å². The summed E-state index contributed by atoms with van der Waals surface area (Å²) in [7, 11) is -1.01. The Morgan fingerprint density at radius 3 is 2.59 bits per heavy atom. The number of carbonyl (C=O) groups is 1. The molecule has 114 valence electrons. The number of benzene rings is 2. The molecule has 1 amide bonds. The Labute approximate surface area is 132 Å². The van der Waals surface area contributed by atoms with E-state index >= 15 is 0 Å². The van der Waals surface area contributed by atoms with Gasteiger partial charge in [0.15, 0.2) is 0 Å². The van der Waals surface area contributed by atoms with Crippen LogP contribution in [0.3, 0.4) is 0 Å². The average molecular weight is 315 g/mol. The molecule has 2 heterocycles. The predicted molar refractivity (Wildman–Crippen MR) is 83.8 cm³/mol. The maximum Gasteiger partial charge on any atom is 0.410 e. The molecule has 1 atom stereocenters. The molecule has 2 aliphatic heterocycles. The van der Waals surface area contributed by atoms with Crippen molar-refractivity contribution in [3.8, 4) is 0 Å². The first kappa shape index (κ1) is 14.8. The summed E-state index contributed by atoms with van der Waals surface area (Å²) in [4.78, 5) is 15.5. The van der Waals surface area contributed by atoms with Crippen LogP contribution in [0.2, 0.25) is 0 Å². The Kier molecular flexibility index (Phi) is 4.24. The molecule has 2 aromatic rings. The molecule has 0 N–H and O–H groups in total. The number of nitrogens with zero attached hydrogens (tertiary/aromatic N) is 1. The summed E-state index contributed by atoms with van der Waals surface area (Å²) in [6.07, 6.45) is -0.354. The average Bonchev–Trinajstić information content (AvgIpc) is 2.58. The standard InChI is InChI=1S/C17H17NO3S/c1-2-18(11-14-8-9-15-10-16(14)22(15)20)17(19)21-12-13-6-4-3-5-7-13/h3-10H,2,11-12H2,1H3. The Balaban J connectivity index is 1.62. The van der Waals surface area contributed by atoms with Gasteiger partial charge in [0.05, 0.1) is 17.3 Å². The fourth-order valence-electron chi connectivity index (χ4n) is 2.34. The molecule has 0 spiro atoms. The monoisotopic (exact) mass is 315 g/mol. The summed E-state index contributed by atoms with van der Waals surface area (Å²) >= 11 is 0. The molecule has 2 bridgehead atoms. The van der Waals surface area contributed by atoms with Crippen molar-refractivity contribution in [2.24, 2.45) is 0 Å². The molecule has 5 heteroatoms. The third kappa shape index (κ3) is 2.90. The molecular formula is C17H17NO3S. The van der Waals surface area contributed by atoms with Crippen molar-refractivity contribution in [2.75, 3.05) is 6.54 Å². The molecule has 0 radical (unpaired) electrons. The second-order valence-electron chi connectivity index (χ2n) is 5.09. The van der Waals surface area contributed by atoms with E-state index in [4.69, 9.17) is 4.74 Å². The smallest absolute Gasteiger partial charge is 0.410 e. The summed E-state index contributed by atoms with van der Waals surface area (Å²) < 4.78 is 17.2. The molecule has 0 saturated carbocycles. The van der Waals surface area contributed by atoms with Gasteiger partial charge in [-0.2, -0.15) is 0 Å². The number of fused-ring (bicyclic) bond motifs is 2. The number of hydrogen-bond acceptors (Lipinski definition) is 3. The van der Waals surface area contributed by atoms with Crippen LogP contribution in [-0.4, -0.2) is 21.7 Å². The van der Waals surface area contributed by atoms with Crippen molar-refractivity contribution in [1.29, 1.82) is 0 Å². The Bertz CT molecular complexity index is 711. The third-order valence-corrected chi connectivity index (χ3v) is 5.12. The molecule has 4 nitrogen and oxygen atoms in total. The molecule has 0 saturated heterocycles. The topological polar surface area (TPSA) is 46.6 Å². The lowest BCUT2D eigenvalue weighted by molar-refractivity contribution is 0.0953. The maximum absolute atomic E-state index is 12.2. The first-order valence-corrected chi connectivity index (χ1v) is 8.34. The van der Waals surface area contributed by atoms with Crippen molar-refractivity contribution < 1.29 is 13.7 Å². The minimum absolute atomic E-state index is 0.258. The van der Waals surface area contributed by atoms with Crippen LogP contribution >= 0.6 is 0 Å². The minimum Gasteiger partial charge on any atom is -0.445 e. The van der Waals surface area contributed by atoms with Gasteiger partial charge in [0.25, 0.3) is 0 Å². The fourth-order valence-corrected chi connectivity index (χ4v) is 3.43. The lowest BCUT2D eigenvalue weighted by Gasteiger charge is -2.24. The zero-order valence-corrected chi connectivity index (χ0v) is 13.1. The number of carbonyl (C=O) groups excluding carboxylic acids is 1. The summed E-state index contributed by atoms with van der Waals surface area (Å²) in [5.41, 5.74) is 1.88. The van der Waals surface area contributed by atoms with Crippen LogP contribution < -0.4 is 0 Å². The van der Waals surface area contributed by atoms with Gasteiger partial charge >= 0.3 is 6.09 Å². The Morgan fingerprint density at radius 1 is 1.18 bits per heavy atom. The zero-order valence-electron chi connectivity index (χ0n) is 12.3. The fraction of sp³-hybridized carbons (Fsp3) is 0.235. The summed E-state index contributed by atoms with van der Waals surface area (Å²) in [6, 6.07) is 15.3. The van der Waals surface area contributed by atoms with Gasteiger partial charge in [0.2, 0.25) is 0 Å². The molecule has 1 unspecified atom stereocenters. The van der Waals surface area contributed by atoms with Gasteiger partial charge in [0.1, 0.15) is 6.61 Å². The van der Waals surface area contributed by atoms with E-state index in [1.165, 1.54) is 0 Å². The number of hydrogen-bond donors (Lipinski definition) is 0. The third-order valence-electron chi connectivity index (χ3n) is 3.66. The van der Waals surface area contributed by atoms with Crippen LogP contribution in [0.1, 0.15) is 18.1 Å². The highest BCUT2D eigenvalue weighted by Crippen LogP contribution is 2.32. The number of rotatable bonds is 5. The number of ether oxygens (including phenoxy) is 1. The van der Waals surface area contributed by atoms with E-state index in [0.29, 0.717) is 13.1 Å². The Hall–Kier alpha value is -2.14. The van der Waals surface area contributed by atoms with Gasteiger partial charge in [-0.05, 0) is 30.2 Å². The van der Waals surface area contributed by atoms with E-state index < -0.39 is 10.8 Å². The van der Waals surface area contributed by atoms with Gasteiger partial charge in [0, 0.05) is 16.3 Å². The maximum atomic E-state index is 12.2. The predicted octanol–water partition coefficient (Wildman–Crippen LogP) is 3.33. The van der Waals surface area contributed by atoms with E-state index in [-0.39, 0.29) is 12.7 Å². The van der Waals surface area contributed by atoms with E-state index in [9.17, 15) is 9.00 Å². The van der Waals surface area contributed by atoms with Crippen LogP contribution in [0.5, 0.6) is 0 Å². The molecule has 0 aliphatic carbocycles. The first-order valence-electron chi connectivity index (χ1n) is 7.19. The van der Waals surface area contributed by atoms with Gasteiger partial charge < -0.3 is 9.64 Å². The molecule has 4 rings (SSSR count). The van der Waals surface area contributed by atoms with Crippen molar-refractivity contribution >= 4 is 16.9 Å². The van der Waals surface area contributed by atoms with E-state index in [1.54, 1.807) is 4.90 Å². The van der Waals surface area contributed by atoms with Gasteiger partial charge in [-0.25, -0.2) is 9.00 Å². The molecule has 0 aromatic heterocycles. The molecule has 0 fully saturated rings. The van der Waals surface area contributed by atoms with Crippen molar-refractivity contribution in [3.05, 3.63) is 59.7 Å². The van der Waals surface area contributed by atoms with Gasteiger partial charge in [-0.15, -0.1) is 0 Å². The largest absolute Gasteiger partial charge is 0.445 e. The summed E-state index contributed by atoms with van der Waals surface area (Å²) in [5, 5.41) is 0. The van der Waals surface area contributed by atoms with Crippen molar-refractivity contribution in [2.45, 2.75) is 29.9 Å². The van der Waals surface area contributed by atoms with E-state index in [0.717, 1.165) is 20.9 Å². The Morgan fingerprint density at radius 2 is 1.95 bits per heavy atom. The zero-order chi connectivity index (χ0) is 15.5. The highest BCUT2D eigenvalue weighted by Gasteiger charge is 2.24. The normalized spacial score (nSPS) is 15.0. The van der Waals surface area contributed by atoms with Crippen LogP contribution in [0.25, 0.3) is 0 Å². The lowest BCUT2D eigenvalue weighted by atomic mass is 10.2. The van der Waals surface area contributed by atoms with Crippen LogP contribution in [0.4, 0.5) is 4.79 Å². The molecule has 2 aliphatic rings. The highest BCUT2D eigenvalue weighted by molar-refractivity contribution is 7.86. The molecule has 22 heavy (non-hydrogen) atoms. The van der Waals surface area contributed by atoms with E-state index in [2.05, 4.69) is 0 Å². The lowest BCUT2D eigenvalue weighted by Crippen LogP contribution is -2.31. The summed E-state index contributed by atoms with van der Waals surface area (Å²) in [6.45, 7) is 3.13.